The normalized spacial score (nSPS) is 10.2. The first-order valence-corrected chi connectivity index (χ1v) is 7.07. The highest BCUT2D eigenvalue weighted by Crippen LogP contribution is 2.23. The van der Waals surface area contributed by atoms with Gasteiger partial charge in [-0.05, 0) is 61.2 Å². The number of nitrogens with one attached hydrogen (secondary N) is 1. The van der Waals surface area contributed by atoms with Crippen LogP contribution in [0.5, 0.6) is 0 Å². The first-order valence-electron chi connectivity index (χ1n) is 5.85. The topological polar surface area (TPSA) is 49.3 Å². The van der Waals surface area contributed by atoms with Crippen LogP contribution in [0.1, 0.15) is 15.9 Å². The Kier molecular flexibility index (Phi) is 4.12. The van der Waals surface area contributed by atoms with Crippen LogP contribution in [-0.2, 0) is 0 Å². The molecule has 0 amide bonds. The summed E-state index contributed by atoms with van der Waals surface area (Å²) in [6.45, 7) is 1.89. The zero-order valence-electron chi connectivity index (χ0n) is 10.8. The van der Waals surface area contributed by atoms with Gasteiger partial charge >= 0.3 is 5.97 Å². The molecule has 19 heavy (non-hydrogen) atoms. The third kappa shape index (κ3) is 3.29. The lowest BCUT2D eigenvalue weighted by molar-refractivity contribution is 0.0697. The van der Waals surface area contributed by atoms with Gasteiger partial charge in [0.1, 0.15) is 0 Å². The average molecular weight is 273 g/mol. The van der Waals surface area contributed by atoms with E-state index in [0.717, 1.165) is 16.9 Å². The Morgan fingerprint density at radius 1 is 1.16 bits per heavy atom. The molecule has 0 aliphatic heterocycles. The molecule has 4 heteroatoms. The number of aryl methyl sites for hydroxylation is 1. The molecule has 0 spiro atoms. The number of hydrogen-bond acceptors (Lipinski definition) is 3. The van der Waals surface area contributed by atoms with Gasteiger partial charge in [0.05, 0.1) is 5.56 Å². The summed E-state index contributed by atoms with van der Waals surface area (Å²) >= 11 is 1.70. The monoisotopic (exact) mass is 273 g/mol. The number of anilines is 2. The van der Waals surface area contributed by atoms with Gasteiger partial charge < -0.3 is 10.4 Å². The molecule has 0 fully saturated rings. The molecule has 0 radical (unpaired) electrons. The van der Waals surface area contributed by atoms with Crippen LogP contribution in [0.3, 0.4) is 0 Å². The van der Waals surface area contributed by atoms with Crippen molar-refractivity contribution in [1.82, 2.24) is 0 Å². The van der Waals surface area contributed by atoms with Gasteiger partial charge in [-0.2, -0.15) is 0 Å². The van der Waals surface area contributed by atoms with E-state index in [0.29, 0.717) is 5.56 Å². The van der Waals surface area contributed by atoms with E-state index in [9.17, 15) is 4.79 Å². The Morgan fingerprint density at radius 3 is 2.37 bits per heavy atom. The number of carboxylic acids is 1. The number of carboxylic acid groups (broad SMARTS) is 1. The standard InChI is InChI=1S/C15H15NO2S/c1-10-9-11(15(17)18)3-8-14(10)16-12-4-6-13(19-2)7-5-12/h3-9,16H,1-2H3,(H,17,18). The van der Waals surface area contributed by atoms with Crippen LogP contribution in [0.4, 0.5) is 11.4 Å². The fraction of sp³-hybridized carbons (Fsp3) is 0.133. The van der Waals surface area contributed by atoms with Gasteiger partial charge in [0.15, 0.2) is 0 Å². The zero-order valence-corrected chi connectivity index (χ0v) is 11.6. The molecular weight excluding hydrogens is 258 g/mol. The Balaban J connectivity index is 2.20. The fourth-order valence-electron chi connectivity index (χ4n) is 1.77. The van der Waals surface area contributed by atoms with Crippen LogP contribution in [0, 0.1) is 6.92 Å². The van der Waals surface area contributed by atoms with Crippen molar-refractivity contribution in [1.29, 1.82) is 0 Å². The van der Waals surface area contributed by atoms with Crippen LogP contribution < -0.4 is 5.32 Å². The Bertz CT molecular complexity index is 594. The second-order valence-electron chi connectivity index (χ2n) is 4.19. The Morgan fingerprint density at radius 2 is 1.84 bits per heavy atom. The summed E-state index contributed by atoms with van der Waals surface area (Å²) in [5, 5.41) is 12.2. The number of carbonyl (C=O) groups is 1. The van der Waals surface area contributed by atoms with E-state index in [1.165, 1.54) is 4.90 Å². The summed E-state index contributed by atoms with van der Waals surface area (Å²) in [4.78, 5) is 12.1. The predicted molar refractivity (Wildman–Crippen MR) is 79.6 cm³/mol. The summed E-state index contributed by atoms with van der Waals surface area (Å²) in [6.07, 6.45) is 2.04. The van der Waals surface area contributed by atoms with Crippen molar-refractivity contribution in [3.8, 4) is 0 Å². The van der Waals surface area contributed by atoms with Crippen LogP contribution >= 0.6 is 11.8 Å². The van der Waals surface area contributed by atoms with Gasteiger partial charge in [0.2, 0.25) is 0 Å². The maximum atomic E-state index is 10.9. The van der Waals surface area contributed by atoms with Crippen molar-refractivity contribution in [3.63, 3.8) is 0 Å². The summed E-state index contributed by atoms with van der Waals surface area (Å²) in [6, 6.07) is 13.2. The van der Waals surface area contributed by atoms with E-state index in [-0.39, 0.29) is 0 Å². The summed E-state index contributed by atoms with van der Waals surface area (Å²) in [7, 11) is 0. The molecule has 3 nitrogen and oxygen atoms in total. The van der Waals surface area contributed by atoms with Crippen LogP contribution in [0.2, 0.25) is 0 Å². The molecule has 0 saturated carbocycles. The van der Waals surface area contributed by atoms with Gasteiger partial charge in [-0.3, -0.25) is 0 Å². The summed E-state index contributed by atoms with van der Waals surface area (Å²) < 4.78 is 0. The first kappa shape index (κ1) is 13.5. The second-order valence-corrected chi connectivity index (χ2v) is 5.07. The smallest absolute Gasteiger partial charge is 0.335 e. The average Bonchev–Trinajstić information content (AvgIpc) is 2.41. The first-order chi connectivity index (χ1) is 9.10. The van der Waals surface area contributed by atoms with Gasteiger partial charge in [-0.25, -0.2) is 4.79 Å². The minimum absolute atomic E-state index is 0.306. The van der Waals surface area contributed by atoms with Gasteiger partial charge in [-0.1, -0.05) is 0 Å². The molecule has 2 aromatic rings. The summed E-state index contributed by atoms with van der Waals surface area (Å²) in [5.41, 5.74) is 3.13. The molecule has 0 aliphatic rings. The molecule has 98 valence electrons. The predicted octanol–water partition coefficient (Wildman–Crippen LogP) is 4.16. The number of aromatic carboxylic acids is 1. The number of hydrogen-bond donors (Lipinski definition) is 2. The quantitative estimate of drug-likeness (QED) is 0.821. The lowest BCUT2D eigenvalue weighted by Gasteiger charge is -2.10. The van der Waals surface area contributed by atoms with E-state index in [1.54, 1.807) is 30.0 Å². The molecule has 0 aliphatic carbocycles. The minimum Gasteiger partial charge on any atom is -0.478 e. The number of benzene rings is 2. The van der Waals surface area contributed by atoms with Crippen molar-refractivity contribution in [2.45, 2.75) is 11.8 Å². The van der Waals surface area contributed by atoms with Crippen molar-refractivity contribution < 1.29 is 9.90 Å². The molecule has 2 rings (SSSR count). The molecule has 0 atom stereocenters. The van der Waals surface area contributed by atoms with E-state index < -0.39 is 5.97 Å². The maximum Gasteiger partial charge on any atom is 0.335 e. The van der Waals surface area contributed by atoms with Gasteiger partial charge in [-0.15, -0.1) is 11.8 Å². The fourth-order valence-corrected chi connectivity index (χ4v) is 2.18. The highest BCUT2D eigenvalue weighted by atomic mass is 32.2. The van der Waals surface area contributed by atoms with Crippen molar-refractivity contribution in [2.24, 2.45) is 0 Å². The Labute approximate surface area is 116 Å². The number of rotatable bonds is 4. The largest absolute Gasteiger partial charge is 0.478 e. The molecule has 0 saturated heterocycles. The van der Waals surface area contributed by atoms with Crippen LogP contribution in [0.15, 0.2) is 47.4 Å². The third-order valence-electron chi connectivity index (χ3n) is 2.84. The van der Waals surface area contributed by atoms with E-state index in [2.05, 4.69) is 5.32 Å². The highest BCUT2D eigenvalue weighted by molar-refractivity contribution is 7.98. The van der Waals surface area contributed by atoms with E-state index in [4.69, 9.17) is 5.11 Å². The Hall–Kier alpha value is -1.94. The van der Waals surface area contributed by atoms with Crippen LogP contribution in [-0.4, -0.2) is 17.3 Å². The van der Waals surface area contributed by atoms with E-state index in [1.807, 2.05) is 37.4 Å². The van der Waals surface area contributed by atoms with Gasteiger partial charge in [0.25, 0.3) is 0 Å². The van der Waals surface area contributed by atoms with E-state index >= 15 is 0 Å². The molecule has 0 aromatic heterocycles. The van der Waals surface area contributed by atoms with Crippen molar-refractivity contribution in [3.05, 3.63) is 53.6 Å². The van der Waals surface area contributed by atoms with Gasteiger partial charge in [0, 0.05) is 16.3 Å². The highest BCUT2D eigenvalue weighted by Gasteiger charge is 2.05. The van der Waals surface area contributed by atoms with Crippen molar-refractivity contribution in [2.75, 3.05) is 11.6 Å². The molecule has 2 aromatic carbocycles. The molecule has 0 heterocycles. The second kappa shape index (κ2) is 5.80. The molecular formula is C15H15NO2S. The molecule has 2 N–H and O–H groups in total. The maximum absolute atomic E-state index is 10.9. The summed E-state index contributed by atoms with van der Waals surface area (Å²) in [5.74, 6) is -0.904. The van der Waals surface area contributed by atoms with Crippen molar-refractivity contribution >= 4 is 29.1 Å². The zero-order chi connectivity index (χ0) is 13.8. The lowest BCUT2D eigenvalue weighted by Crippen LogP contribution is -1.99. The molecule has 0 unspecified atom stereocenters. The van der Waals surface area contributed by atoms with Crippen LogP contribution in [0.25, 0.3) is 0 Å². The lowest BCUT2D eigenvalue weighted by atomic mass is 10.1. The molecule has 0 bridgehead atoms. The third-order valence-corrected chi connectivity index (χ3v) is 3.59. The minimum atomic E-state index is -0.904. The SMILES string of the molecule is CSc1ccc(Nc2ccc(C(=O)O)cc2C)cc1. The number of thioether (sulfide) groups is 1.